The van der Waals surface area contributed by atoms with Gasteiger partial charge in [-0.15, -0.1) is 0 Å². The van der Waals surface area contributed by atoms with E-state index < -0.39 is 11.8 Å². The van der Waals surface area contributed by atoms with Gasteiger partial charge in [0.25, 0.3) is 0 Å². The Hall–Kier alpha value is -4.01. The number of ether oxygens (including phenoxy) is 4. The topological polar surface area (TPSA) is 107 Å². The van der Waals surface area contributed by atoms with Gasteiger partial charge in [0.05, 0.1) is 43.0 Å². The number of hydrogen-bond donors (Lipinski definition) is 1. The molecular weight excluding hydrogens is 488 g/mol. The first-order valence-electron chi connectivity index (χ1n) is 12.7. The third-order valence-corrected chi connectivity index (χ3v) is 8.56. The first-order valence-corrected chi connectivity index (χ1v) is 12.7. The standard InChI is InChI=1S/C29H30N2O7/c1-13-15(3)31(16(4)14(2)30-13)27-20-9-23-22(37-12-38-23)8-19(20)25(26-21(27)11-36-29(26)34)17-6-18(10-32)28(33)24(7-17)35-5/h6-10,15,21,25-27,33H,11-12H2,1-5H3/t15?,21-,25+,26-,27+/m0/s1. The number of aliphatic imine (C=N–C) groups is 1. The smallest absolute Gasteiger partial charge is 0.310 e. The number of benzene rings is 2. The summed E-state index contributed by atoms with van der Waals surface area (Å²) in [5, 5.41) is 10.5. The van der Waals surface area contributed by atoms with Crippen molar-refractivity contribution in [1.82, 2.24) is 4.90 Å². The summed E-state index contributed by atoms with van der Waals surface area (Å²) in [6, 6.07) is 7.10. The lowest BCUT2D eigenvalue weighted by Gasteiger charge is -2.49. The third-order valence-electron chi connectivity index (χ3n) is 8.56. The van der Waals surface area contributed by atoms with Gasteiger partial charge in [-0.05, 0) is 68.7 Å². The van der Waals surface area contributed by atoms with Crippen molar-refractivity contribution in [3.63, 3.8) is 0 Å². The van der Waals surface area contributed by atoms with Crippen LogP contribution in [0.2, 0.25) is 0 Å². The number of methoxy groups -OCH3 is 1. The van der Waals surface area contributed by atoms with Gasteiger partial charge in [0.2, 0.25) is 6.79 Å². The van der Waals surface area contributed by atoms with E-state index in [2.05, 4.69) is 18.7 Å². The van der Waals surface area contributed by atoms with Gasteiger partial charge in [0.1, 0.15) is 0 Å². The molecule has 0 aromatic heterocycles. The molecular formula is C29H30N2O7. The Bertz CT molecular complexity index is 1430. The predicted molar refractivity (Wildman–Crippen MR) is 138 cm³/mol. The molecule has 3 aliphatic heterocycles. The molecule has 1 N–H and O–H groups in total. The normalized spacial score (nSPS) is 27.5. The zero-order valence-electron chi connectivity index (χ0n) is 22.0. The maximum absolute atomic E-state index is 13.4. The number of phenolic OH excluding ortho intramolecular Hbond substituents is 1. The lowest BCUT2D eigenvalue weighted by molar-refractivity contribution is -0.141. The molecule has 0 amide bonds. The van der Waals surface area contributed by atoms with Gasteiger partial charge >= 0.3 is 5.97 Å². The number of aldehydes is 1. The van der Waals surface area contributed by atoms with E-state index in [4.69, 9.17) is 23.9 Å². The molecule has 9 heteroatoms. The molecule has 198 valence electrons. The monoisotopic (exact) mass is 518 g/mol. The second kappa shape index (κ2) is 8.79. The lowest BCUT2D eigenvalue weighted by atomic mass is 9.64. The second-order valence-corrected chi connectivity index (χ2v) is 10.4. The fourth-order valence-corrected chi connectivity index (χ4v) is 6.53. The van der Waals surface area contributed by atoms with Gasteiger partial charge in [0.15, 0.2) is 29.3 Å². The third kappa shape index (κ3) is 3.40. The summed E-state index contributed by atoms with van der Waals surface area (Å²) in [5.41, 5.74) is 5.65. The highest BCUT2D eigenvalue weighted by molar-refractivity contribution is 5.89. The van der Waals surface area contributed by atoms with Gasteiger partial charge in [-0.2, -0.15) is 0 Å². The van der Waals surface area contributed by atoms with E-state index in [-0.39, 0.29) is 54.4 Å². The highest BCUT2D eigenvalue weighted by Crippen LogP contribution is 2.57. The number of carbonyl (C=O) groups excluding carboxylic acids is 2. The summed E-state index contributed by atoms with van der Waals surface area (Å²) in [6.45, 7) is 8.60. The van der Waals surface area contributed by atoms with E-state index in [1.165, 1.54) is 7.11 Å². The number of aromatic hydroxyl groups is 1. The predicted octanol–water partition coefficient (Wildman–Crippen LogP) is 4.33. The molecule has 1 aliphatic carbocycles. The minimum atomic E-state index is -0.527. The Labute approximate surface area is 220 Å². The van der Waals surface area contributed by atoms with Gasteiger partial charge in [0, 0.05) is 23.2 Å². The first-order chi connectivity index (χ1) is 18.2. The van der Waals surface area contributed by atoms with E-state index in [1.807, 2.05) is 26.0 Å². The van der Waals surface area contributed by atoms with Crippen molar-refractivity contribution >= 4 is 18.0 Å². The van der Waals surface area contributed by atoms with Crippen LogP contribution in [0, 0.1) is 11.8 Å². The van der Waals surface area contributed by atoms with Crippen LogP contribution in [0.4, 0.5) is 0 Å². The maximum atomic E-state index is 13.4. The van der Waals surface area contributed by atoms with Crippen LogP contribution >= 0.6 is 0 Å². The fraction of sp³-hybridized carbons (Fsp3) is 0.414. The maximum Gasteiger partial charge on any atom is 0.310 e. The summed E-state index contributed by atoms with van der Waals surface area (Å²) in [7, 11) is 1.43. The molecule has 4 aliphatic rings. The van der Waals surface area contributed by atoms with Gasteiger partial charge in [-0.3, -0.25) is 14.6 Å². The number of allylic oxidation sites excluding steroid dienone is 2. The van der Waals surface area contributed by atoms with Crippen LogP contribution in [0.5, 0.6) is 23.0 Å². The van der Waals surface area contributed by atoms with E-state index in [0.29, 0.717) is 23.3 Å². The van der Waals surface area contributed by atoms with E-state index >= 15 is 0 Å². The number of fused-ring (bicyclic) bond motifs is 3. The Morgan fingerprint density at radius 3 is 2.47 bits per heavy atom. The molecule has 1 saturated heterocycles. The molecule has 9 nitrogen and oxygen atoms in total. The van der Waals surface area contributed by atoms with Crippen LogP contribution in [-0.4, -0.2) is 54.5 Å². The van der Waals surface area contributed by atoms with Gasteiger partial charge in [-0.25, -0.2) is 0 Å². The molecule has 0 bridgehead atoms. The van der Waals surface area contributed by atoms with Crippen LogP contribution in [-0.2, 0) is 9.53 Å². The quantitative estimate of drug-likeness (QED) is 0.471. The van der Waals surface area contributed by atoms with E-state index in [1.54, 1.807) is 12.1 Å². The van der Waals surface area contributed by atoms with Gasteiger partial charge < -0.3 is 29.0 Å². The number of phenols is 1. The molecule has 5 atom stereocenters. The van der Waals surface area contributed by atoms with Crippen molar-refractivity contribution in [2.45, 2.75) is 45.7 Å². The average Bonchev–Trinajstić information content (AvgIpc) is 3.52. The molecule has 0 radical (unpaired) electrons. The molecule has 6 rings (SSSR count). The minimum Gasteiger partial charge on any atom is -0.504 e. The average molecular weight is 519 g/mol. The molecule has 1 unspecified atom stereocenters. The van der Waals surface area contributed by atoms with E-state index in [9.17, 15) is 14.7 Å². The molecule has 2 aromatic carbocycles. The fourth-order valence-electron chi connectivity index (χ4n) is 6.53. The van der Waals surface area contributed by atoms with Crippen LogP contribution in [0.15, 0.2) is 40.7 Å². The van der Waals surface area contributed by atoms with Crippen LogP contribution < -0.4 is 14.2 Å². The highest BCUT2D eigenvalue weighted by Gasteiger charge is 2.55. The Kier molecular flexibility index (Phi) is 5.63. The largest absolute Gasteiger partial charge is 0.504 e. The van der Waals surface area contributed by atoms with Crippen LogP contribution in [0.1, 0.15) is 66.7 Å². The summed E-state index contributed by atoms with van der Waals surface area (Å²) < 4.78 is 22.7. The molecule has 1 fully saturated rings. The molecule has 3 heterocycles. The summed E-state index contributed by atoms with van der Waals surface area (Å²) in [4.78, 5) is 32.4. The van der Waals surface area contributed by atoms with Crippen molar-refractivity contribution in [3.8, 4) is 23.0 Å². The Morgan fingerprint density at radius 1 is 1.08 bits per heavy atom. The van der Waals surface area contributed by atoms with Crippen LogP contribution in [0.3, 0.4) is 0 Å². The highest BCUT2D eigenvalue weighted by atomic mass is 16.7. The summed E-state index contributed by atoms with van der Waals surface area (Å²) >= 11 is 0. The van der Waals surface area contributed by atoms with Crippen molar-refractivity contribution in [3.05, 3.63) is 57.9 Å². The molecule has 2 aromatic rings. The number of cyclic esters (lactones) is 1. The summed E-state index contributed by atoms with van der Waals surface area (Å²) in [5.74, 6) is -0.261. The van der Waals surface area contributed by atoms with Crippen molar-refractivity contribution in [1.29, 1.82) is 0 Å². The number of rotatable bonds is 4. The molecule has 0 saturated carbocycles. The lowest BCUT2D eigenvalue weighted by Crippen LogP contribution is -2.48. The second-order valence-electron chi connectivity index (χ2n) is 10.4. The van der Waals surface area contributed by atoms with E-state index in [0.717, 1.165) is 28.2 Å². The number of hydrogen-bond acceptors (Lipinski definition) is 9. The molecule has 0 spiro atoms. The van der Waals surface area contributed by atoms with Crippen molar-refractivity contribution in [2.75, 3.05) is 20.5 Å². The number of esters is 1. The van der Waals surface area contributed by atoms with Crippen LogP contribution in [0.25, 0.3) is 0 Å². The summed E-state index contributed by atoms with van der Waals surface area (Å²) in [6.07, 6.45) is 0.590. The first kappa shape index (κ1) is 24.3. The molecule has 38 heavy (non-hydrogen) atoms. The zero-order chi connectivity index (χ0) is 26.9. The number of nitrogens with zero attached hydrogens (tertiary/aromatic N) is 2. The SMILES string of the molecule is COc1cc([C@@H]2c3cc4c(cc3[C@@H](N3C(C)=C(C)N=C(C)C3C)[C@H]3COC(=O)[C@H]23)OCO4)cc(C=O)c1O. The number of carbonyl (C=O) groups is 2. The van der Waals surface area contributed by atoms with Crippen molar-refractivity contribution in [2.24, 2.45) is 16.8 Å². The minimum absolute atomic E-state index is 0.00491. The Balaban J connectivity index is 1.62. The zero-order valence-corrected chi connectivity index (χ0v) is 22.0. The Morgan fingerprint density at radius 2 is 1.79 bits per heavy atom. The van der Waals surface area contributed by atoms with Crippen molar-refractivity contribution < 1.29 is 33.6 Å². The van der Waals surface area contributed by atoms with Gasteiger partial charge in [-0.1, -0.05) is 0 Å².